The highest BCUT2D eigenvalue weighted by Gasteiger charge is 2.34. The fourth-order valence-corrected chi connectivity index (χ4v) is 4.18. The number of rotatable bonds is 4. The molecule has 3 aromatic carbocycles. The first-order valence-corrected chi connectivity index (χ1v) is 10.4. The zero-order valence-corrected chi connectivity index (χ0v) is 17.0. The number of nitrogens with one attached hydrogen (secondary N) is 1. The van der Waals surface area contributed by atoms with E-state index in [9.17, 15) is 9.50 Å². The number of nitrogens with zero attached hydrogens (tertiary/aromatic N) is 3. The van der Waals surface area contributed by atoms with Crippen LogP contribution in [0.4, 0.5) is 21.6 Å². The van der Waals surface area contributed by atoms with Crippen LogP contribution in [0.15, 0.2) is 79.1 Å². The van der Waals surface area contributed by atoms with Crippen LogP contribution in [-0.4, -0.2) is 28.2 Å². The van der Waals surface area contributed by atoms with Gasteiger partial charge in [-0.15, -0.1) is 0 Å². The summed E-state index contributed by atoms with van der Waals surface area (Å²) in [5.74, 6) is 0.495. The molecular weight excluding hydrogens is 391 g/mol. The highest BCUT2D eigenvalue weighted by molar-refractivity contribution is 5.90. The molecule has 0 bridgehead atoms. The van der Waals surface area contributed by atoms with Crippen molar-refractivity contribution in [1.82, 2.24) is 9.97 Å². The maximum Gasteiger partial charge on any atom is 0.141 e. The summed E-state index contributed by atoms with van der Waals surface area (Å²) in [6.45, 7) is 1.47. The predicted molar refractivity (Wildman–Crippen MR) is 121 cm³/mol. The molecular formula is C25H23FN4O. The Balaban J connectivity index is 1.27. The summed E-state index contributed by atoms with van der Waals surface area (Å²) in [5.41, 5.74) is 2.84. The molecule has 31 heavy (non-hydrogen) atoms. The Labute approximate surface area is 180 Å². The summed E-state index contributed by atoms with van der Waals surface area (Å²) in [4.78, 5) is 10.9. The van der Waals surface area contributed by atoms with Gasteiger partial charge in [0, 0.05) is 29.9 Å². The monoisotopic (exact) mass is 414 g/mol. The van der Waals surface area contributed by atoms with E-state index < -0.39 is 5.60 Å². The molecule has 2 N–H and O–H groups in total. The molecule has 0 atom stereocenters. The van der Waals surface area contributed by atoms with E-state index in [0.717, 1.165) is 46.7 Å². The number of piperidine rings is 1. The number of hydrogen-bond acceptors (Lipinski definition) is 5. The zero-order chi connectivity index (χ0) is 21.3. The number of aromatic nitrogens is 2. The van der Waals surface area contributed by atoms with Gasteiger partial charge in [0.15, 0.2) is 0 Å². The Morgan fingerprint density at radius 2 is 1.58 bits per heavy atom. The van der Waals surface area contributed by atoms with Crippen molar-refractivity contribution in [2.75, 3.05) is 23.3 Å². The van der Waals surface area contributed by atoms with Crippen molar-refractivity contribution in [2.24, 2.45) is 0 Å². The van der Waals surface area contributed by atoms with Gasteiger partial charge in [-0.2, -0.15) is 0 Å². The summed E-state index contributed by atoms with van der Waals surface area (Å²) >= 11 is 0. The lowest BCUT2D eigenvalue weighted by atomic mass is 9.84. The number of halogens is 1. The van der Waals surface area contributed by atoms with Crippen molar-refractivity contribution >= 4 is 28.1 Å². The molecule has 0 unspecified atom stereocenters. The molecule has 156 valence electrons. The average Bonchev–Trinajstić information content (AvgIpc) is 2.81. The van der Waals surface area contributed by atoms with Crippen molar-refractivity contribution in [3.8, 4) is 0 Å². The van der Waals surface area contributed by atoms with Crippen molar-refractivity contribution in [2.45, 2.75) is 18.4 Å². The SMILES string of the molecule is OC1(c2ccc(F)cc2)CCN(c2ccc(Nc3ncnc4ccccc34)cc2)CC1. The highest BCUT2D eigenvalue weighted by Crippen LogP contribution is 2.35. The normalized spacial score (nSPS) is 15.7. The van der Waals surface area contributed by atoms with Gasteiger partial charge in [-0.05, 0) is 66.9 Å². The van der Waals surface area contributed by atoms with Crippen molar-refractivity contribution < 1.29 is 9.50 Å². The van der Waals surface area contributed by atoms with Gasteiger partial charge in [0.25, 0.3) is 0 Å². The van der Waals surface area contributed by atoms with E-state index in [1.807, 2.05) is 36.4 Å². The smallest absolute Gasteiger partial charge is 0.141 e. The Bertz CT molecular complexity index is 1180. The van der Waals surface area contributed by atoms with Gasteiger partial charge < -0.3 is 15.3 Å². The van der Waals surface area contributed by atoms with Crippen LogP contribution >= 0.6 is 0 Å². The highest BCUT2D eigenvalue weighted by atomic mass is 19.1. The van der Waals surface area contributed by atoms with E-state index in [2.05, 4.69) is 32.3 Å². The second-order valence-electron chi connectivity index (χ2n) is 7.94. The molecule has 6 heteroatoms. The third-order valence-electron chi connectivity index (χ3n) is 6.01. The van der Waals surface area contributed by atoms with Crippen LogP contribution in [0.25, 0.3) is 10.9 Å². The minimum absolute atomic E-state index is 0.284. The van der Waals surface area contributed by atoms with Gasteiger partial charge in [0.05, 0.1) is 11.1 Å². The van der Waals surface area contributed by atoms with Crippen LogP contribution in [0.3, 0.4) is 0 Å². The fourth-order valence-electron chi connectivity index (χ4n) is 4.18. The first-order chi connectivity index (χ1) is 15.1. The second-order valence-corrected chi connectivity index (χ2v) is 7.94. The van der Waals surface area contributed by atoms with Gasteiger partial charge in [-0.25, -0.2) is 14.4 Å². The molecule has 5 nitrogen and oxygen atoms in total. The number of anilines is 3. The van der Waals surface area contributed by atoms with Crippen molar-refractivity contribution in [1.29, 1.82) is 0 Å². The van der Waals surface area contributed by atoms with Gasteiger partial charge in [-0.3, -0.25) is 0 Å². The van der Waals surface area contributed by atoms with Crippen LogP contribution in [0, 0.1) is 5.82 Å². The Morgan fingerprint density at radius 3 is 2.32 bits per heavy atom. The number of aliphatic hydroxyl groups is 1. The van der Waals surface area contributed by atoms with Gasteiger partial charge in [0.2, 0.25) is 0 Å². The molecule has 2 heterocycles. The van der Waals surface area contributed by atoms with Crippen LogP contribution in [0.1, 0.15) is 18.4 Å². The molecule has 1 saturated heterocycles. The van der Waals surface area contributed by atoms with Crippen LogP contribution in [0.5, 0.6) is 0 Å². The molecule has 0 spiro atoms. The van der Waals surface area contributed by atoms with Crippen LogP contribution in [-0.2, 0) is 5.60 Å². The van der Waals surface area contributed by atoms with Crippen LogP contribution < -0.4 is 10.2 Å². The van der Waals surface area contributed by atoms with Gasteiger partial charge in [0.1, 0.15) is 18.0 Å². The summed E-state index contributed by atoms with van der Waals surface area (Å²) in [6, 6.07) is 22.3. The van der Waals surface area contributed by atoms with E-state index >= 15 is 0 Å². The van der Waals surface area contributed by atoms with E-state index in [4.69, 9.17) is 0 Å². The predicted octanol–water partition coefficient (Wildman–Crippen LogP) is 5.00. The molecule has 4 aromatic rings. The van der Waals surface area contributed by atoms with E-state index in [-0.39, 0.29) is 5.82 Å². The van der Waals surface area contributed by atoms with E-state index in [1.54, 1.807) is 18.5 Å². The lowest BCUT2D eigenvalue weighted by molar-refractivity contribution is 0.0117. The topological polar surface area (TPSA) is 61.3 Å². The number of benzene rings is 3. The summed E-state index contributed by atoms with van der Waals surface area (Å²) < 4.78 is 13.2. The molecule has 1 fully saturated rings. The largest absolute Gasteiger partial charge is 0.385 e. The number of fused-ring (bicyclic) bond motifs is 1. The van der Waals surface area contributed by atoms with Gasteiger partial charge >= 0.3 is 0 Å². The molecule has 0 radical (unpaired) electrons. The molecule has 1 aliphatic rings. The molecule has 0 aliphatic carbocycles. The lowest BCUT2D eigenvalue weighted by Gasteiger charge is -2.39. The van der Waals surface area contributed by atoms with E-state index in [1.165, 1.54) is 12.1 Å². The molecule has 5 rings (SSSR count). The Kier molecular flexibility index (Phi) is 5.00. The second kappa shape index (κ2) is 7.96. The summed E-state index contributed by atoms with van der Waals surface area (Å²) in [5, 5.41) is 15.4. The first-order valence-electron chi connectivity index (χ1n) is 10.4. The Hall–Kier alpha value is -3.51. The fraction of sp³-hybridized carbons (Fsp3) is 0.200. The first kappa shape index (κ1) is 19.5. The summed E-state index contributed by atoms with van der Waals surface area (Å²) in [7, 11) is 0. The number of hydrogen-bond donors (Lipinski definition) is 2. The van der Waals surface area contributed by atoms with Crippen molar-refractivity contribution in [3.05, 3.63) is 90.5 Å². The van der Waals surface area contributed by atoms with Crippen LogP contribution in [0.2, 0.25) is 0 Å². The maximum absolute atomic E-state index is 13.2. The third-order valence-corrected chi connectivity index (χ3v) is 6.01. The standard InChI is InChI=1S/C25H23FN4O/c26-19-7-5-18(6-8-19)25(31)13-15-30(16-14-25)21-11-9-20(10-12-21)29-24-22-3-1-2-4-23(22)27-17-28-24/h1-12,17,31H,13-16H2,(H,27,28,29). The zero-order valence-electron chi connectivity index (χ0n) is 17.0. The molecule has 0 saturated carbocycles. The quantitative estimate of drug-likeness (QED) is 0.492. The Morgan fingerprint density at radius 1 is 0.871 bits per heavy atom. The average molecular weight is 414 g/mol. The minimum Gasteiger partial charge on any atom is -0.385 e. The molecule has 1 aromatic heterocycles. The minimum atomic E-state index is -0.903. The summed E-state index contributed by atoms with van der Waals surface area (Å²) in [6.07, 6.45) is 2.77. The van der Waals surface area contributed by atoms with Crippen molar-refractivity contribution in [3.63, 3.8) is 0 Å². The number of para-hydroxylation sites is 1. The van der Waals surface area contributed by atoms with E-state index in [0.29, 0.717) is 12.8 Å². The van der Waals surface area contributed by atoms with Gasteiger partial charge in [-0.1, -0.05) is 24.3 Å². The third kappa shape index (κ3) is 3.94. The molecule has 0 amide bonds. The lowest BCUT2D eigenvalue weighted by Crippen LogP contribution is -2.42. The maximum atomic E-state index is 13.2. The molecule has 1 aliphatic heterocycles.